The number of rotatable bonds is 6. The van der Waals surface area contributed by atoms with Gasteiger partial charge in [0.05, 0.1) is 0 Å². The Bertz CT molecular complexity index is 306. The van der Waals surface area contributed by atoms with Gasteiger partial charge in [-0.3, -0.25) is 9.59 Å². The normalized spacial score (nSPS) is 15.5. The van der Waals surface area contributed by atoms with Crippen LogP contribution in [0.25, 0.3) is 0 Å². The Kier molecular flexibility index (Phi) is 6.01. The van der Waals surface area contributed by atoms with Crippen LogP contribution in [0.15, 0.2) is 0 Å². The minimum atomic E-state index is -1.14. The molecular formula is C10H19N3O4. The highest BCUT2D eigenvalue weighted by Crippen LogP contribution is 2.08. The number of carboxylic acids is 1. The number of aliphatic carboxylic acids is 1. The van der Waals surface area contributed by atoms with Crippen molar-refractivity contribution < 1.29 is 19.5 Å². The van der Waals surface area contributed by atoms with Crippen LogP contribution in [0, 0.1) is 5.92 Å². The van der Waals surface area contributed by atoms with Crippen molar-refractivity contribution in [3.63, 3.8) is 0 Å². The molecule has 0 aromatic rings. The summed E-state index contributed by atoms with van der Waals surface area (Å²) in [7, 11) is 0. The molecule has 17 heavy (non-hydrogen) atoms. The van der Waals surface area contributed by atoms with Crippen LogP contribution in [-0.4, -0.2) is 35.1 Å². The van der Waals surface area contributed by atoms with Crippen molar-refractivity contribution in [2.45, 2.75) is 39.3 Å². The van der Waals surface area contributed by atoms with E-state index in [1.807, 2.05) is 6.92 Å². The fourth-order valence-electron chi connectivity index (χ4n) is 1.22. The lowest BCUT2D eigenvalue weighted by Crippen LogP contribution is -2.54. The number of carboxylic acid groups (broad SMARTS) is 1. The zero-order chi connectivity index (χ0) is 13.6. The van der Waals surface area contributed by atoms with E-state index in [-0.39, 0.29) is 5.92 Å². The highest BCUT2D eigenvalue weighted by molar-refractivity contribution is 5.89. The molecular weight excluding hydrogens is 226 g/mol. The number of nitrogens with two attached hydrogens (primary N) is 1. The summed E-state index contributed by atoms with van der Waals surface area (Å²) < 4.78 is 0. The molecule has 0 spiro atoms. The van der Waals surface area contributed by atoms with Crippen LogP contribution < -0.4 is 16.4 Å². The number of urea groups is 1. The van der Waals surface area contributed by atoms with Crippen LogP contribution in [0.1, 0.15) is 27.2 Å². The molecule has 7 nitrogen and oxygen atoms in total. The summed E-state index contributed by atoms with van der Waals surface area (Å²) >= 11 is 0. The summed E-state index contributed by atoms with van der Waals surface area (Å²) in [5.41, 5.74) is 4.97. The third-order valence-corrected chi connectivity index (χ3v) is 2.52. The van der Waals surface area contributed by atoms with Gasteiger partial charge in [0.25, 0.3) is 0 Å². The second-order valence-corrected chi connectivity index (χ2v) is 3.94. The fourth-order valence-corrected chi connectivity index (χ4v) is 1.22. The molecule has 2 unspecified atom stereocenters. The third-order valence-electron chi connectivity index (χ3n) is 2.52. The van der Waals surface area contributed by atoms with E-state index in [0.717, 1.165) is 0 Å². The summed E-state index contributed by atoms with van der Waals surface area (Å²) in [5.74, 6) is -1.82. The maximum absolute atomic E-state index is 11.7. The molecule has 0 fully saturated rings. The standard InChI is InChI=1S/C10H19N3O4/c1-4-5(2)7(13-10(11)17)8(14)12-6(3)9(15)16/h5-7H,4H2,1-3H3,(H,12,14)(H,15,16)(H3,11,13,17)/t5?,6-,7?/m0/s1. The average molecular weight is 245 g/mol. The molecule has 0 bridgehead atoms. The minimum Gasteiger partial charge on any atom is -0.480 e. The molecule has 0 heterocycles. The number of amides is 3. The van der Waals surface area contributed by atoms with E-state index in [2.05, 4.69) is 10.6 Å². The van der Waals surface area contributed by atoms with Gasteiger partial charge >= 0.3 is 12.0 Å². The largest absolute Gasteiger partial charge is 0.480 e. The van der Waals surface area contributed by atoms with Crippen molar-refractivity contribution >= 4 is 17.9 Å². The van der Waals surface area contributed by atoms with E-state index < -0.39 is 30.0 Å². The van der Waals surface area contributed by atoms with Gasteiger partial charge in [-0.1, -0.05) is 20.3 Å². The Morgan fingerprint density at radius 1 is 1.24 bits per heavy atom. The molecule has 0 aromatic heterocycles. The molecule has 0 aliphatic heterocycles. The summed E-state index contributed by atoms with van der Waals surface area (Å²) in [4.78, 5) is 33.1. The topological polar surface area (TPSA) is 122 Å². The van der Waals surface area contributed by atoms with Gasteiger partial charge < -0.3 is 21.5 Å². The molecule has 0 aliphatic carbocycles. The molecule has 3 amide bonds. The quantitative estimate of drug-likeness (QED) is 0.511. The average Bonchev–Trinajstić information content (AvgIpc) is 2.24. The smallest absolute Gasteiger partial charge is 0.325 e. The predicted octanol–water partition coefficient (Wildman–Crippen LogP) is -0.341. The van der Waals surface area contributed by atoms with E-state index in [1.54, 1.807) is 6.92 Å². The second-order valence-electron chi connectivity index (χ2n) is 3.94. The highest BCUT2D eigenvalue weighted by atomic mass is 16.4. The summed E-state index contributed by atoms with van der Waals surface area (Å²) in [6, 6.07) is -2.64. The minimum absolute atomic E-state index is 0.136. The Labute approximate surface area is 99.7 Å². The van der Waals surface area contributed by atoms with Crippen molar-refractivity contribution in [2.75, 3.05) is 0 Å². The summed E-state index contributed by atoms with van der Waals surface area (Å²) in [6.07, 6.45) is 0.653. The van der Waals surface area contributed by atoms with Gasteiger partial charge in [-0.2, -0.15) is 0 Å². The molecule has 0 aliphatic rings. The van der Waals surface area contributed by atoms with Gasteiger partial charge in [0.1, 0.15) is 12.1 Å². The number of hydrogen-bond acceptors (Lipinski definition) is 3. The predicted molar refractivity (Wildman–Crippen MR) is 61.2 cm³/mol. The van der Waals surface area contributed by atoms with Crippen LogP contribution in [0.4, 0.5) is 4.79 Å². The molecule has 0 saturated carbocycles. The Morgan fingerprint density at radius 2 is 1.76 bits per heavy atom. The first-order valence-corrected chi connectivity index (χ1v) is 5.38. The van der Waals surface area contributed by atoms with E-state index in [0.29, 0.717) is 6.42 Å². The van der Waals surface area contributed by atoms with Crippen LogP contribution in [-0.2, 0) is 9.59 Å². The monoisotopic (exact) mass is 245 g/mol. The van der Waals surface area contributed by atoms with Gasteiger partial charge in [0.2, 0.25) is 5.91 Å². The SMILES string of the molecule is CCC(C)C(NC(N)=O)C(=O)N[C@@H](C)C(=O)O. The van der Waals surface area contributed by atoms with Gasteiger partial charge in [-0.15, -0.1) is 0 Å². The Balaban J connectivity index is 4.63. The molecule has 0 rings (SSSR count). The van der Waals surface area contributed by atoms with Crippen LogP contribution >= 0.6 is 0 Å². The second kappa shape index (κ2) is 6.72. The molecule has 3 atom stereocenters. The first-order chi connectivity index (χ1) is 7.79. The number of carbonyl (C=O) groups excluding carboxylic acids is 2. The zero-order valence-corrected chi connectivity index (χ0v) is 10.2. The van der Waals surface area contributed by atoms with Crippen LogP contribution in [0.2, 0.25) is 0 Å². The van der Waals surface area contributed by atoms with Gasteiger partial charge in [0.15, 0.2) is 0 Å². The lowest BCUT2D eigenvalue weighted by molar-refractivity contribution is -0.141. The maximum atomic E-state index is 11.7. The van der Waals surface area contributed by atoms with Gasteiger partial charge in [-0.05, 0) is 12.8 Å². The molecule has 0 saturated heterocycles. The number of nitrogens with one attached hydrogen (secondary N) is 2. The Hall–Kier alpha value is -1.79. The van der Waals surface area contributed by atoms with E-state index in [4.69, 9.17) is 10.8 Å². The summed E-state index contributed by atoms with van der Waals surface area (Å²) in [5, 5.41) is 13.3. The molecule has 7 heteroatoms. The lowest BCUT2D eigenvalue weighted by Gasteiger charge is -2.23. The Morgan fingerprint density at radius 3 is 2.12 bits per heavy atom. The number of carbonyl (C=O) groups is 3. The highest BCUT2D eigenvalue weighted by Gasteiger charge is 2.27. The van der Waals surface area contributed by atoms with Crippen LogP contribution in [0.3, 0.4) is 0 Å². The zero-order valence-electron chi connectivity index (χ0n) is 10.2. The van der Waals surface area contributed by atoms with Crippen LogP contribution in [0.5, 0.6) is 0 Å². The third kappa shape index (κ3) is 5.19. The number of primary amides is 1. The first kappa shape index (κ1) is 15.2. The lowest BCUT2D eigenvalue weighted by atomic mass is 9.98. The van der Waals surface area contributed by atoms with E-state index in [9.17, 15) is 14.4 Å². The van der Waals surface area contributed by atoms with E-state index >= 15 is 0 Å². The van der Waals surface area contributed by atoms with Crippen molar-refractivity contribution in [1.82, 2.24) is 10.6 Å². The van der Waals surface area contributed by atoms with Crippen molar-refractivity contribution in [3.05, 3.63) is 0 Å². The van der Waals surface area contributed by atoms with Gasteiger partial charge in [-0.25, -0.2) is 4.79 Å². The van der Waals surface area contributed by atoms with Gasteiger partial charge in [0, 0.05) is 0 Å². The van der Waals surface area contributed by atoms with Crippen molar-refractivity contribution in [3.8, 4) is 0 Å². The number of hydrogen-bond donors (Lipinski definition) is 4. The summed E-state index contributed by atoms with van der Waals surface area (Å²) in [6.45, 7) is 4.97. The molecule has 0 aromatic carbocycles. The van der Waals surface area contributed by atoms with Crippen molar-refractivity contribution in [1.29, 1.82) is 0 Å². The van der Waals surface area contributed by atoms with E-state index in [1.165, 1.54) is 6.92 Å². The molecule has 5 N–H and O–H groups in total. The van der Waals surface area contributed by atoms with Crippen molar-refractivity contribution in [2.24, 2.45) is 11.7 Å². The first-order valence-electron chi connectivity index (χ1n) is 5.38. The maximum Gasteiger partial charge on any atom is 0.325 e. The fraction of sp³-hybridized carbons (Fsp3) is 0.700. The molecule has 98 valence electrons. The molecule has 0 radical (unpaired) electrons.